The summed E-state index contributed by atoms with van der Waals surface area (Å²) in [4.78, 5) is 28.6. The van der Waals surface area contributed by atoms with Crippen molar-refractivity contribution in [1.29, 1.82) is 0 Å². The number of benzene rings is 2. The molecule has 1 amide bonds. The summed E-state index contributed by atoms with van der Waals surface area (Å²) in [6.07, 6.45) is 0.169. The summed E-state index contributed by atoms with van der Waals surface area (Å²) in [5, 5.41) is 3.62. The van der Waals surface area contributed by atoms with E-state index in [0.29, 0.717) is 26.8 Å². The molecule has 0 atom stereocenters. The molecule has 0 aliphatic rings. The van der Waals surface area contributed by atoms with Crippen LogP contribution in [0.15, 0.2) is 41.2 Å². The van der Waals surface area contributed by atoms with Crippen LogP contribution in [0.2, 0.25) is 10.0 Å². The van der Waals surface area contributed by atoms with E-state index in [0.717, 1.165) is 5.56 Å². The minimum absolute atomic E-state index is 0.169. The van der Waals surface area contributed by atoms with E-state index in [9.17, 15) is 9.59 Å². The van der Waals surface area contributed by atoms with Crippen molar-refractivity contribution in [3.05, 3.63) is 62.5 Å². The number of anilines is 1. The highest BCUT2D eigenvalue weighted by atomic mass is 35.5. The van der Waals surface area contributed by atoms with Gasteiger partial charge in [0.1, 0.15) is 0 Å². The van der Waals surface area contributed by atoms with E-state index in [1.165, 1.54) is 0 Å². The van der Waals surface area contributed by atoms with E-state index in [2.05, 4.69) is 15.3 Å². The topological polar surface area (TPSA) is 77.8 Å². The second-order valence-electron chi connectivity index (χ2n) is 4.81. The maximum atomic E-state index is 12.1. The van der Waals surface area contributed by atoms with Crippen molar-refractivity contribution in [2.75, 3.05) is 5.32 Å². The number of H-pyrrole nitrogens is 2. The second kappa shape index (κ2) is 5.87. The van der Waals surface area contributed by atoms with Gasteiger partial charge >= 0.3 is 5.69 Å². The number of carbonyl (C=O) groups excluding carboxylic acids is 1. The third-order valence-electron chi connectivity index (χ3n) is 3.15. The molecule has 3 rings (SSSR count). The molecule has 0 saturated carbocycles. The van der Waals surface area contributed by atoms with E-state index in [1.54, 1.807) is 36.4 Å². The van der Waals surface area contributed by atoms with Gasteiger partial charge in [-0.05, 0) is 35.9 Å². The van der Waals surface area contributed by atoms with Gasteiger partial charge < -0.3 is 15.3 Å². The molecular formula is C15H11Cl2N3O2. The summed E-state index contributed by atoms with van der Waals surface area (Å²) < 4.78 is 0. The Bertz CT molecular complexity index is 915. The third-order valence-corrected chi connectivity index (χ3v) is 3.70. The van der Waals surface area contributed by atoms with Gasteiger partial charge in [-0.1, -0.05) is 29.3 Å². The number of imidazole rings is 1. The van der Waals surface area contributed by atoms with Crippen LogP contribution < -0.4 is 11.0 Å². The van der Waals surface area contributed by atoms with Gasteiger partial charge in [0.2, 0.25) is 5.91 Å². The molecule has 2 aromatic carbocycles. The van der Waals surface area contributed by atoms with Crippen LogP contribution in [-0.4, -0.2) is 15.9 Å². The fraction of sp³-hybridized carbons (Fsp3) is 0.0667. The van der Waals surface area contributed by atoms with Gasteiger partial charge in [0.15, 0.2) is 0 Å². The lowest BCUT2D eigenvalue weighted by atomic mass is 10.1. The van der Waals surface area contributed by atoms with Crippen LogP contribution >= 0.6 is 23.2 Å². The number of aromatic nitrogens is 2. The quantitative estimate of drug-likeness (QED) is 0.686. The van der Waals surface area contributed by atoms with E-state index in [4.69, 9.17) is 23.2 Å². The van der Waals surface area contributed by atoms with Gasteiger partial charge in [0.25, 0.3) is 0 Å². The Balaban J connectivity index is 1.76. The minimum atomic E-state index is -0.274. The largest absolute Gasteiger partial charge is 0.324 e. The van der Waals surface area contributed by atoms with Crippen molar-refractivity contribution in [3.63, 3.8) is 0 Å². The molecule has 0 saturated heterocycles. The van der Waals surface area contributed by atoms with Crippen LogP contribution in [0.1, 0.15) is 5.56 Å². The molecule has 5 nitrogen and oxygen atoms in total. The summed E-state index contributed by atoms with van der Waals surface area (Å²) in [6.45, 7) is 0. The Labute approximate surface area is 135 Å². The molecule has 0 radical (unpaired) electrons. The number of halogens is 2. The molecule has 0 aliphatic carbocycles. The van der Waals surface area contributed by atoms with Crippen LogP contribution in [0.3, 0.4) is 0 Å². The first kappa shape index (κ1) is 14.7. The summed E-state index contributed by atoms with van der Waals surface area (Å²) in [6, 6.07) is 10.2. The van der Waals surface area contributed by atoms with E-state index >= 15 is 0 Å². The number of fused-ring (bicyclic) bond motifs is 1. The van der Waals surface area contributed by atoms with Gasteiger partial charge in [0, 0.05) is 5.02 Å². The van der Waals surface area contributed by atoms with Crippen LogP contribution in [0, 0.1) is 0 Å². The molecule has 112 valence electrons. The monoisotopic (exact) mass is 335 g/mol. The van der Waals surface area contributed by atoms with Gasteiger partial charge in [0.05, 0.1) is 28.2 Å². The summed E-state index contributed by atoms with van der Waals surface area (Å²) in [7, 11) is 0. The Kier molecular flexibility index (Phi) is 3.92. The first-order valence-electron chi connectivity index (χ1n) is 6.47. The minimum Gasteiger partial charge on any atom is -0.324 e. The van der Waals surface area contributed by atoms with Crippen LogP contribution in [-0.2, 0) is 11.2 Å². The Morgan fingerprint density at radius 3 is 2.59 bits per heavy atom. The summed E-state index contributed by atoms with van der Waals surface area (Å²) in [5.41, 5.74) is 2.39. The number of hydrogen-bond donors (Lipinski definition) is 3. The predicted molar refractivity (Wildman–Crippen MR) is 87.7 cm³/mol. The Morgan fingerprint density at radius 2 is 1.82 bits per heavy atom. The Morgan fingerprint density at radius 1 is 1.05 bits per heavy atom. The molecule has 0 bridgehead atoms. The lowest BCUT2D eigenvalue weighted by Gasteiger charge is -2.07. The molecule has 3 aromatic rings. The zero-order valence-corrected chi connectivity index (χ0v) is 12.8. The lowest BCUT2D eigenvalue weighted by Crippen LogP contribution is -2.14. The average molecular weight is 336 g/mol. The maximum absolute atomic E-state index is 12.1. The summed E-state index contributed by atoms with van der Waals surface area (Å²) in [5.74, 6) is -0.207. The van der Waals surface area contributed by atoms with E-state index in [1.807, 2.05) is 0 Å². The number of rotatable bonds is 3. The standard InChI is InChI=1S/C15H11Cl2N3O2/c16-9-2-4-11(10(17)7-9)18-14(21)6-8-1-3-12-13(5-8)20-15(22)19-12/h1-5,7H,6H2,(H,18,21)(H2,19,20,22). The lowest BCUT2D eigenvalue weighted by molar-refractivity contribution is -0.115. The van der Waals surface area contributed by atoms with Crippen LogP contribution in [0.4, 0.5) is 5.69 Å². The van der Waals surface area contributed by atoms with Gasteiger partial charge in [-0.25, -0.2) is 4.79 Å². The fourth-order valence-corrected chi connectivity index (χ4v) is 2.62. The first-order chi connectivity index (χ1) is 10.5. The van der Waals surface area contributed by atoms with Crippen molar-refractivity contribution in [3.8, 4) is 0 Å². The highest BCUT2D eigenvalue weighted by Gasteiger charge is 2.08. The van der Waals surface area contributed by atoms with Crippen molar-refractivity contribution < 1.29 is 4.79 Å². The Hall–Kier alpha value is -2.24. The molecule has 0 spiro atoms. The fourth-order valence-electron chi connectivity index (χ4n) is 2.16. The van der Waals surface area contributed by atoms with Crippen molar-refractivity contribution in [1.82, 2.24) is 9.97 Å². The van der Waals surface area contributed by atoms with Gasteiger partial charge in [-0.3, -0.25) is 4.79 Å². The molecule has 3 N–H and O–H groups in total. The highest BCUT2D eigenvalue weighted by Crippen LogP contribution is 2.25. The number of carbonyl (C=O) groups is 1. The average Bonchev–Trinajstić information content (AvgIpc) is 2.81. The van der Waals surface area contributed by atoms with Crippen molar-refractivity contribution in [2.24, 2.45) is 0 Å². The van der Waals surface area contributed by atoms with E-state index in [-0.39, 0.29) is 18.0 Å². The van der Waals surface area contributed by atoms with E-state index < -0.39 is 0 Å². The first-order valence-corrected chi connectivity index (χ1v) is 7.23. The van der Waals surface area contributed by atoms with Crippen LogP contribution in [0.25, 0.3) is 11.0 Å². The molecule has 1 aromatic heterocycles. The van der Waals surface area contributed by atoms with Crippen molar-refractivity contribution in [2.45, 2.75) is 6.42 Å². The second-order valence-corrected chi connectivity index (χ2v) is 5.65. The molecule has 0 unspecified atom stereocenters. The van der Waals surface area contributed by atoms with Crippen LogP contribution in [0.5, 0.6) is 0 Å². The van der Waals surface area contributed by atoms with Gasteiger partial charge in [-0.2, -0.15) is 0 Å². The molecule has 1 heterocycles. The third kappa shape index (κ3) is 3.16. The maximum Gasteiger partial charge on any atom is 0.323 e. The molecule has 0 fully saturated rings. The normalized spacial score (nSPS) is 10.8. The smallest absolute Gasteiger partial charge is 0.323 e. The zero-order valence-electron chi connectivity index (χ0n) is 11.2. The highest BCUT2D eigenvalue weighted by molar-refractivity contribution is 6.36. The number of aromatic amines is 2. The molecule has 7 heteroatoms. The van der Waals surface area contributed by atoms with Crippen molar-refractivity contribution >= 4 is 45.8 Å². The molecular weight excluding hydrogens is 325 g/mol. The number of nitrogens with one attached hydrogen (secondary N) is 3. The SMILES string of the molecule is O=C(Cc1ccc2[nH]c(=O)[nH]c2c1)Nc1ccc(Cl)cc1Cl. The predicted octanol–water partition coefficient (Wildman–Crippen LogP) is 3.34. The summed E-state index contributed by atoms with van der Waals surface area (Å²) >= 11 is 11.8. The molecule has 22 heavy (non-hydrogen) atoms. The molecule has 0 aliphatic heterocycles. The number of amides is 1. The zero-order chi connectivity index (χ0) is 15.7. The number of hydrogen-bond acceptors (Lipinski definition) is 2. The van der Waals surface area contributed by atoms with Gasteiger partial charge in [-0.15, -0.1) is 0 Å².